The topological polar surface area (TPSA) is 28.7 Å². The number of benzene rings is 1. The standard InChI is InChI=1S/C9H5Cl3N2/c10-6-4-8(12)7(11)3-5(6)9-13-1-2-14-9/h1-4H,(H,13,14). The van der Waals surface area contributed by atoms with Gasteiger partial charge in [0.2, 0.25) is 0 Å². The second kappa shape index (κ2) is 3.81. The molecule has 0 atom stereocenters. The van der Waals surface area contributed by atoms with Gasteiger partial charge in [-0.25, -0.2) is 4.98 Å². The van der Waals surface area contributed by atoms with Crippen LogP contribution in [0.25, 0.3) is 11.4 Å². The Morgan fingerprint density at radius 2 is 1.71 bits per heavy atom. The third-order valence-electron chi connectivity index (χ3n) is 1.76. The normalized spacial score (nSPS) is 10.5. The van der Waals surface area contributed by atoms with Gasteiger partial charge in [0, 0.05) is 18.0 Å². The number of H-pyrrole nitrogens is 1. The van der Waals surface area contributed by atoms with Crippen LogP contribution < -0.4 is 0 Å². The summed E-state index contributed by atoms with van der Waals surface area (Å²) in [7, 11) is 0. The van der Waals surface area contributed by atoms with Crippen LogP contribution in [0, 0.1) is 0 Å². The predicted octanol–water partition coefficient (Wildman–Crippen LogP) is 4.04. The van der Waals surface area contributed by atoms with Crippen LogP contribution in [0.15, 0.2) is 24.5 Å². The minimum absolute atomic E-state index is 0.437. The molecule has 0 unspecified atom stereocenters. The second-order valence-corrected chi connectivity index (χ2v) is 3.91. The Morgan fingerprint density at radius 3 is 2.36 bits per heavy atom. The lowest BCUT2D eigenvalue weighted by molar-refractivity contribution is 1.31. The highest BCUT2D eigenvalue weighted by Crippen LogP contribution is 2.33. The zero-order chi connectivity index (χ0) is 10.1. The molecular weight excluding hydrogens is 242 g/mol. The van der Waals surface area contributed by atoms with E-state index in [2.05, 4.69) is 9.97 Å². The molecule has 0 amide bonds. The molecule has 2 nitrogen and oxygen atoms in total. The maximum absolute atomic E-state index is 5.99. The van der Waals surface area contributed by atoms with Crippen molar-refractivity contribution in [3.05, 3.63) is 39.6 Å². The van der Waals surface area contributed by atoms with Crippen LogP contribution in [0.5, 0.6) is 0 Å². The van der Waals surface area contributed by atoms with Gasteiger partial charge in [-0.2, -0.15) is 0 Å². The van der Waals surface area contributed by atoms with Crippen molar-refractivity contribution < 1.29 is 0 Å². The lowest BCUT2D eigenvalue weighted by Crippen LogP contribution is -1.83. The van der Waals surface area contributed by atoms with Gasteiger partial charge >= 0.3 is 0 Å². The van der Waals surface area contributed by atoms with Crippen molar-refractivity contribution in [2.45, 2.75) is 0 Å². The minimum atomic E-state index is 0.437. The van der Waals surface area contributed by atoms with Gasteiger partial charge in [-0.1, -0.05) is 34.8 Å². The summed E-state index contributed by atoms with van der Waals surface area (Å²) in [5.41, 5.74) is 0.742. The number of halogens is 3. The Kier molecular flexibility index (Phi) is 2.68. The summed E-state index contributed by atoms with van der Waals surface area (Å²) in [5.74, 6) is 0.675. The molecule has 0 spiro atoms. The minimum Gasteiger partial charge on any atom is -0.345 e. The summed E-state index contributed by atoms with van der Waals surface area (Å²) >= 11 is 17.7. The highest BCUT2D eigenvalue weighted by molar-refractivity contribution is 6.44. The number of rotatable bonds is 1. The van der Waals surface area contributed by atoms with Crippen molar-refractivity contribution in [3.8, 4) is 11.4 Å². The Labute approximate surface area is 95.8 Å². The lowest BCUT2D eigenvalue weighted by atomic mass is 10.2. The van der Waals surface area contributed by atoms with E-state index in [1.54, 1.807) is 24.5 Å². The molecule has 0 aliphatic carbocycles. The van der Waals surface area contributed by atoms with Gasteiger partial charge in [-0.15, -0.1) is 0 Å². The van der Waals surface area contributed by atoms with Crippen molar-refractivity contribution in [1.82, 2.24) is 9.97 Å². The molecule has 1 aromatic heterocycles. The molecule has 2 rings (SSSR count). The largest absolute Gasteiger partial charge is 0.345 e. The maximum atomic E-state index is 5.99. The number of hydrogen-bond acceptors (Lipinski definition) is 1. The zero-order valence-corrected chi connectivity index (χ0v) is 9.16. The number of nitrogens with zero attached hydrogens (tertiary/aromatic N) is 1. The van der Waals surface area contributed by atoms with Crippen molar-refractivity contribution in [2.75, 3.05) is 0 Å². The third-order valence-corrected chi connectivity index (χ3v) is 2.80. The van der Waals surface area contributed by atoms with Gasteiger partial charge in [0.05, 0.1) is 15.1 Å². The first-order valence-corrected chi connectivity index (χ1v) is 4.96. The summed E-state index contributed by atoms with van der Waals surface area (Å²) in [6.45, 7) is 0. The summed E-state index contributed by atoms with van der Waals surface area (Å²) in [4.78, 5) is 7.02. The average molecular weight is 248 g/mol. The summed E-state index contributed by atoms with van der Waals surface area (Å²) in [6, 6.07) is 3.29. The first-order valence-electron chi connectivity index (χ1n) is 3.83. The number of nitrogens with one attached hydrogen (secondary N) is 1. The fourth-order valence-electron chi connectivity index (χ4n) is 1.12. The average Bonchev–Trinajstić information content (AvgIpc) is 2.64. The quantitative estimate of drug-likeness (QED) is 0.757. The fraction of sp³-hybridized carbons (Fsp3) is 0. The first-order chi connectivity index (χ1) is 6.68. The van der Waals surface area contributed by atoms with Crippen molar-refractivity contribution >= 4 is 34.8 Å². The molecule has 0 aliphatic heterocycles. The van der Waals surface area contributed by atoms with Crippen molar-refractivity contribution in [2.24, 2.45) is 0 Å². The second-order valence-electron chi connectivity index (χ2n) is 2.68. The van der Waals surface area contributed by atoms with E-state index < -0.39 is 0 Å². The van der Waals surface area contributed by atoms with Gasteiger partial charge in [0.25, 0.3) is 0 Å². The fourth-order valence-corrected chi connectivity index (χ4v) is 1.75. The van der Waals surface area contributed by atoms with Crippen LogP contribution >= 0.6 is 34.8 Å². The first kappa shape index (κ1) is 9.84. The van der Waals surface area contributed by atoms with Crippen LogP contribution in [0.3, 0.4) is 0 Å². The van der Waals surface area contributed by atoms with Gasteiger partial charge < -0.3 is 4.98 Å². The molecule has 2 aromatic rings. The molecule has 0 aliphatic rings. The molecule has 72 valence electrons. The Bertz CT molecular complexity index is 451. The molecule has 5 heteroatoms. The van der Waals surface area contributed by atoms with Crippen LogP contribution in [-0.2, 0) is 0 Å². The SMILES string of the molecule is Clc1cc(Cl)c(-c2ncc[nH]2)cc1Cl. The number of hydrogen-bond donors (Lipinski definition) is 1. The monoisotopic (exact) mass is 246 g/mol. The number of aromatic nitrogens is 2. The molecule has 0 fully saturated rings. The molecule has 0 radical (unpaired) electrons. The molecule has 0 saturated heterocycles. The van der Waals surface area contributed by atoms with E-state index in [4.69, 9.17) is 34.8 Å². The number of imidazole rings is 1. The molecule has 1 aromatic carbocycles. The summed E-state index contributed by atoms with van der Waals surface area (Å²) in [6.07, 6.45) is 3.36. The van der Waals surface area contributed by atoms with Crippen molar-refractivity contribution in [3.63, 3.8) is 0 Å². The van der Waals surface area contributed by atoms with Crippen LogP contribution in [0.2, 0.25) is 15.1 Å². The zero-order valence-electron chi connectivity index (χ0n) is 6.89. The highest BCUT2D eigenvalue weighted by atomic mass is 35.5. The summed E-state index contributed by atoms with van der Waals surface area (Å²) in [5, 5.41) is 1.42. The third kappa shape index (κ3) is 1.73. The Hall–Kier alpha value is -0.700. The molecule has 14 heavy (non-hydrogen) atoms. The molecule has 1 heterocycles. The van der Waals surface area contributed by atoms with E-state index in [1.165, 1.54) is 0 Å². The summed E-state index contributed by atoms with van der Waals surface area (Å²) < 4.78 is 0. The van der Waals surface area contributed by atoms with Crippen LogP contribution in [0.1, 0.15) is 0 Å². The lowest BCUT2D eigenvalue weighted by Gasteiger charge is -2.03. The van der Waals surface area contributed by atoms with Gasteiger partial charge in [0.1, 0.15) is 5.82 Å². The Morgan fingerprint density at radius 1 is 1.00 bits per heavy atom. The number of aromatic amines is 1. The van der Waals surface area contributed by atoms with E-state index >= 15 is 0 Å². The van der Waals surface area contributed by atoms with Crippen LogP contribution in [0.4, 0.5) is 0 Å². The van der Waals surface area contributed by atoms with E-state index in [-0.39, 0.29) is 0 Å². The van der Waals surface area contributed by atoms with Gasteiger partial charge in [0.15, 0.2) is 0 Å². The molecule has 1 N–H and O–H groups in total. The van der Waals surface area contributed by atoms with Gasteiger partial charge in [-0.05, 0) is 12.1 Å². The smallest absolute Gasteiger partial charge is 0.138 e. The molecule has 0 saturated carbocycles. The van der Waals surface area contributed by atoms with E-state index in [1.807, 2.05) is 0 Å². The highest BCUT2D eigenvalue weighted by Gasteiger charge is 2.09. The maximum Gasteiger partial charge on any atom is 0.138 e. The molecule has 0 bridgehead atoms. The van der Waals surface area contributed by atoms with E-state index in [9.17, 15) is 0 Å². The Balaban J connectivity index is 2.60. The van der Waals surface area contributed by atoms with E-state index in [0.29, 0.717) is 20.9 Å². The van der Waals surface area contributed by atoms with Gasteiger partial charge in [-0.3, -0.25) is 0 Å². The van der Waals surface area contributed by atoms with Crippen LogP contribution in [-0.4, -0.2) is 9.97 Å². The molecular formula is C9H5Cl3N2. The van der Waals surface area contributed by atoms with E-state index in [0.717, 1.165) is 5.56 Å². The van der Waals surface area contributed by atoms with Crippen molar-refractivity contribution in [1.29, 1.82) is 0 Å². The predicted molar refractivity (Wildman–Crippen MR) is 59.1 cm³/mol.